The molecule has 0 aliphatic rings. The Labute approximate surface area is 277 Å². The molecular weight excluding hydrogens is 796 g/mol. The molecule has 0 amide bonds. The molecule has 0 saturated heterocycles. The van der Waals surface area contributed by atoms with Crippen molar-refractivity contribution >= 4 is 94.8 Å². The average Bonchev–Trinajstić information content (AvgIpc) is 2.49. The molecule has 0 fully saturated rings. The predicted octanol–water partition coefficient (Wildman–Crippen LogP) is 11.4. The van der Waals surface area contributed by atoms with E-state index in [0.717, 1.165) is 47.5 Å². The maximum absolute atomic E-state index is 2.32. The van der Waals surface area contributed by atoms with Gasteiger partial charge in [0.15, 0.2) is 0 Å². The second-order valence-corrected chi connectivity index (χ2v) is 39.2. The van der Waals surface area contributed by atoms with Crippen molar-refractivity contribution < 1.29 is 0 Å². The van der Waals surface area contributed by atoms with E-state index in [1.54, 1.807) is 0 Å². The summed E-state index contributed by atoms with van der Waals surface area (Å²) in [6.07, 6.45) is 0. The summed E-state index contributed by atoms with van der Waals surface area (Å²) in [5, 5.41) is 0. The quantitative estimate of drug-likeness (QED) is 0.213. The molecule has 0 aromatic rings. The summed E-state index contributed by atoms with van der Waals surface area (Å²) in [7, 11) is 0. The van der Waals surface area contributed by atoms with Crippen molar-refractivity contribution in [2.45, 2.75) is 186 Å². The molecule has 6 heteroatoms. The molecule has 0 spiro atoms. The Hall–Kier alpha value is 3.26. The predicted molar refractivity (Wildman–Crippen MR) is 186 cm³/mol. The van der Waals surface area contributed by atoms with Gasteiger partial charge in [0.2, 0.25) is 0 Å². The number of hydrogen-bond donors (Lipinski definition) is 0. The molecule has 0 N–H and O–H groups in total. The van der Waals surface area contributed by atoms with Crippen LogP contribution in [0.2, 0.25) is 47.5 Å². The standard InChI is InChI=1S/4C6H14Ge.2C3H7Ge/c4*1-5(2)7-6(3)4;2*1-3(2)4/h4*5-6H,1-4H3;2*3H,1-2H3. The molecule has 0 saturated carbocycles. The van der Waals surface area contributed by atoms with Crippen molar-refractivity contribution in [3.05, 3.63) is 0 Å². The summed E-state index contributed by atoms with van der Waals surface area (Å²) in [6.45, 7) is 45.8. The topological polar surface area (TPSA) is 0 Å². The Morgan fingerprint density at radius 2 is 0.306 bits per heavy atom. The zero-order chi connectivity index (χ0) is 30.6. The minimum absolute atomic E-state index is 0.389. The fourth-order valence-corrected chi connectivity index (χ4v) is 13.9. The molecule has 0 unspecified atom stereocenters. The van der Waals surface area contributed by atoms with Gasteiger partial charge in [-0.3, -0.25) is 0 Å². The second kappa shape index (κ2) is 38.3. The van der Waals surface area contributed by atoms with E-state index in [9.17, 15) is 0 Å². The summed E-state index contributed by atoms with van der Waals surface area (Å²) >= 11 is 5.89. The summed E-state index contributed by atoms with van der Waals surface area (Å²) in [6, 6.07) is 0. The van der Waals surface area contributed by atoms with Gasteiger partial charge >= 0.3 is 281 Å². The van der Waals surface area contributed by atoms with E-state index in [4.69, 9.17) is 0 Å². The molecule has 0 aliphatic carbocycles. The third-order valence-corrected chi connectivity index (χ3v) is 13.9. The van der Waals surface area contributed by atoms with Crippen molar-refractivity contribution in [1.82, 2.24) is 0 Å². The van der Waals surface area contributed by atoms with Gasteiger partial charge in [-0.2, -0.15) is 0 Å². The Bertz CT molecular complexity index is 258. The Morgan fingerprint density at radius 1 is 0.250 bits per heavy atom. The summed E-state index contributed by atoms with van der Waals surface area (Å²) < 4.78 is 9.67. The van der Waals surface area contributed by atoms with Gasteiger partial charge in [0, 0.05) is 0 Å². The van der Waals surface area contributed by atoms with E-state index >= 15 is 0 Å². The first-order valence-corrected chi connectivity index (χ1v) is 26.5. The Balaban J connectivity index is -0.0000000761. The first-order valence-electron chi connectivity index (χ1n) is 14.4. The third kappa shape index (κ3) is 132. The van der Waals surface area contributed by atoms with E-state index in [2.05, 4.69) is 172 Å². The molecule has 0 aliphatic heterocycles. The monoisotopic (exact) mass is 874 g/mol. The Morgan fingerprint density at radius 3 is 0.306 bits per heavy atom. The van der Waals surface area contributed by atoms with E-state index in [1.165, 1.54) is 0 Å². The molecule has 14 radical (unpaired) electrons. The van der Waals surface area contributed by atoms with Crippen LogP contribution in [-0.2, 0) is 0 Å². The van der Waals surface area contributed by atoms with Crippen LogP contribution in [0.4, 0.5) is 0 Å². The molecule has 36 heavy (non-hydrogen) atoms. The molecule has 0 rings (SSSR count). The van der Waals surface area contributed by atoms with Crippen LogP contribution in [-0.4, -0.2) is 94.8 Å². The van der Waals surface area contributed by atoms with Gasteiger partial charge < -0.3 is 0 Å². The van der Waals surface area contributed by atoms with E-state index in [-0.39, 0.29) is 0 Å². The number of hydrogen-bond acceptors (Lipinski definition) is 0. The van der Waals surface area contributed by atoms with Gasteiger partial charge in [0.25, 0.3) is 0 Å². The molecule has 214 valence electrons. The van der Waals surface area contributed by atoms with Crippen molar-refractivity contribution in [2.24, 2.45) is 0 Å². The van der Waals surface area contributed by atoms with Crippen LogP contribution in [0.25, 0.3) is 0 Å². The zero-order valence-electron chi connectivity index (χ0n) is 28.8. The summed E-state index contributed by atoms with van der Waals surface area (Å²) in [5.41, 5.74) is 0. The normalized spacial score (nSPS) is 10.7. The molecule has 0 aromatic carbocycles. The van der Waals surface area contributed by atoms with Crippen LogP contribution in [0.1, 0.15) is 138 Å². The van der Waals surface area contributed by atoms with E-state index in [0.29, 0.717) is 61.7 Å². The number of rotatable bonds is 8. The van der Waals surface area contributed by atoms with Gasteiger partial charge in [0.1, 0.15) is 0 Å². The van der Waals surface area contributed by atoms with Crippen LogP contribution in [0, 0.1) is 0 Å². The summed E-state index contributed by atoms with van der Waals surface area (Å²) in [4.78, 5) is 0. The zero-order valence-corrected chi connectivity index (χ0v) is 41.4. The van der Waals surface area contributed by atoms with Gasteiger partial charge in [-0.25, -0.2) is 0 Å². The fraction of sp³-hybridized carbons (Fsp3) is 1.00. The van der Waals surface area contributed by atoms with Gasteiger partial charge in [-0.15, -0.1) is 0 Å². The van der Waals surface area contributed by atoms with Gasteiger partial charge in [0.05, 0.1) is 0 Å². The first kappa shape index (κ1) is 51.9. The molecule has 0 atom stereocenters. The first-order chi connectivity index (χ1) is 16.0. The van der Waals surface area contributed by atoms with Gasteiger partial charge in [-0.05, 0) is 0 Å². The average molecular weight is 867 g/mol. The van der Waals surface area contributed by atoms with E-state index in [1.807, 2.05) is 0 Å². The second-order valence-electron chi connectivity index (χ2n) is 12.2. The van der Waals surface area contributed by atoms with Gasteiger partial charge in [-0.1, -0.05) is 0 Å². The molecular formula is C30H70Ge6. The Kier molecular flexibility index (Phi) is 55.2. The summed E-state index contributed by atoms with van der Waals surface area (Å²) in [5.74, 6) is 0. The SMILES string of the molecule is C[CH](C)[Ge].C[CH](C)[Ge].C[CH](C)[Ge][CH](C)C.C[CH](C)[Ge][CH](C)C.C[CH](C)[Ge][CH](C)C.C[CH](C)[Ge][CH](C)C. The van der Waals surface area contributed by atoms with Crippen LogP contribution in [0.5, 0.6) is 0 Å². The van der Waals surface area contributed by atoms with Crippen molar-refractivity contribution in [1.29, 1.82) is 0 Å². The van der Waals surface area contributed by atoms with Crippen LogP contribution in [0.15, 0.2) is 0 Å². The molecule has 0 nitrogen and oxygen atoms in total. The minimum atomic E-state index is 0.389. The van der Waals surface area contributed by atoms with Crippen molar-refractivity contribution in [2.75, 3.05) is 0 Å². The van der Waals surface area contributed by atoms with Crippen molar-refractivity contribution in [3.63, 3.8) is 0 Å². The van der Waals surface area contributed by atoms with Crippen LogP contribution in [0.3, 0.4) is 0 Å². The van der Waals surface area contributed by atoms with Crippen LogP contribution >= 0.6 is 0 Å². The third-order valence-electron chi connectivity index (χ3n) is 2.67. The molecule has 0 heterocycles. The van der Waals surface area contributed by atoms with Crippen molar-refractivity contribution in [3.8, 4) is 0 Å². The molecule has 0 aromatic heterocycles. The maximum atomic E-state index is 2.32. The van der Waals surface area contributed by atoms with Crippen LogP contribution < -0.4 is 0 Å². The van der Waals surface area contributed by atoms with E-state index < -0.39 is 0 Å². The fourth-order valence-electron chi connectivity index (χ4n) is 2.67. The molecule has 0 bridgehead atoms.